The summed E-state index contributed by atoms with van der Waals surface area (Å²) in [5.74, 6) is 1.52. The van der Waals surface area contributed by atoms with Crippen LogP contribution in [0.5, 0.6) is 0 Å². The maximum absolute atomic E-state index is 12.6. The van der Waals surface area contributed by atoms with Gasteiger partial charge in [0.25, 0.3) is 0 Å². The second-order valence-corrected chi connectivity index (χ2v) is 6.96. The Bertz CT molecular complexity index is 682. The van der Waals surface area contributed by atoms with Crippen LogP contribution in [0.1, 0.15) is 12.1 Å². The fourth-order valence-corrected chi connectivity index (χ4v) is 3.29. The molecule has 0 radical (unpaired) electrons. The van der Waals surface area contributed by atoms with Crippen LogP contribution >= 0.6 is 0 Å². The molecule has 1 aliphatic heterocycles. The van der Waals surface area contributed by atoms with Gasteiger partial charge < -0.3 is 19.7 Å². The Labute approximate surface area is 149 Å². The normalized spacial score (nSPS) is 17.2. The van der Waals surface area contributed by atoms with E-state index < -0.39 is 0 Å². The Morgan fingerprint density at radius 1 is 1.28 bits per heavy atom. The molecular weight excluding hydrogens is 314 g/mol. The van der Waals surface area contributed by atoms with E-state index in [0.29, 0.717) is 19.0 Å². The zero-order valence-corrected chi connectivity index (χ0v) is 15.1. The van der Waals surface area contributed by atoms with Crippen molar-refractivity contribution >= 4 is 11.7 Å². The third-order valence-corrected chi connectivity index (χ3v) is 4.54. The van der Waals surface area contributed by atoms with Crippen LogP contribution < -0.4 is 5.32 Å². The first-order valence-electron chi connectivity index (χ1n) is 8.83. The van der Waals surface area contributed by atoms with Gasteiger partial charge in [-0.2, -0.15) is 0 Å². The predicted octanol–water partition coefficient (Wildman–Crippen LogP) is 1.91. The number of carbonyl (C=O) groups excluding carboxylic acids is 1. The van der Waals surface area contributed by atoms with Crippen molar-refractivity contribution in [3.63, 3.8) is 0 Å². The minimum Gasteiger partial charge on any atom is -0.370 e. The van der Waals surface area contributed by atoms with Crippen LogP contribution in [0.3, 0.4) is 0 Å². The Hall–Kier alpha value is -2.34. The third kappa shape index (κ3) is 4.82. The van der Waals surface area contributed by atoms with E-state index >= 15 is 0 Å². The predicted molar refractivity (Wildman–Crippen MR) is 99.2 cm³/mol. The first-order valence-corrected chi connectivity index (χ1v) is 8.83. The smallest absolute Gasteiger partial charge is 0.237 e. The van der Waals surface area contributed by atoms with Crippen LogP contribution in [0, 0.1) is 5.92 Å². The van der Waals surface area contributed by atoms with Crippen LogP contribution in [-0.2, 0) is 17.9 Å². The number of fused-ring (bicyclic) bond motifs is 1. The van der Waals surface area contributed by atoms with Gasteiger partial charge in [0, 0.05) is 37.7 Å². The van der Waals surface area contributed by atoms with Crippen molar-refractivity contribution in [2.24, 2.45) is 5.92 Å². The van der Waals surface area contributed by atoms with Crippen LogP contribution in [-0.4, -0.2) is 59.0 Å². The lowest BCUT2D eigenvalue weighted by Gasteiger charge is -2.25. The number of carbonyl (C=O) groups is 1. The number of anilines is 1. The highest BCUT2D eigenvalue weighted by molar-refractivity contribution is 5.78. The highest BCUT2D eigenvalue weighted by Gasteiger charge is 2.24. The van der Waals surface area contributed by atoms with Gasteiger partial charge in [-0.3, -0.25) is 4.79 Å². The molecule has 6 nitrogen and oxygen atoms in total. The molecule has 1 atom stereocenters. The standard InChI is InChI=1S/C19H27N5O/c1-22(2)15-19(25)24-13-16(12-23-11-5-6-17(23)14-24)8-10-21-18-7-3-4-9-20-18/h3-7,9,11,16H,8,10,12-15H2,1-2H3,(H,20,21)/t16-/m0/s1. The summed E-state index contributed by atoms with van der Waals surface area (Å²) in [6.45, 7) is 3.77. The molecule has 1 aliphatic rings. The van der Waals surface area contributed by atoms with Crippen molar-refractivity contribution in [1.29, 1.82) is 0 Å². The number of nitrogens with zero attached hydrogens (tertiary/aromatic N) is 4. The Kier molecular flexibility index (Phi) is 5.71. The van der Waals surface area contributed by atoms with E-state index in [4.69, 9.17) is 0 Å². The second kappa shape index (κ2) is 8.16. The summed E-state index contributed by atoms with van der Waals surface area (Å²) < 4.78 is 2.29. The van der Waals surface area contributed by atoms with Gasteiger partial charge in [-0.1, -0.05) is 6.07 Å². The maximum Gasteiger partial charge on any atom is 0.237 e. The molecule has 25 heavy (non-hydrogen) atoms. The van der Waals surface area contributed by atoms with Gasteiger partial charge in [-0.15, -0.1) is 0 Å². The molecule has 0 spiro atoms. The zero-order valence-electron chi connectivity index (χ0n) is 15.1. The summed E-state index contributed by atoms with van der Waals surface area (Å²) in [4.78, 5) is 20.8. The number of hydrogen-bond donors (Lipinski definition) is 1. The first kappa shape index (κ1) is 17.5. The monoisotopic (exact) mass is 341 g/mol. The number of nitrogens with one attached hydrogen (secondary N) is 1. The maximum atomic E-state index is 12.6. The molecule has 0 unspecified atom stereocenters. The van der Waals surface area contributed by atoms with Crippen molar-refractivity contribution in [1.82, 2.24) is 19.4 Å². The van der Waals surface area contributed by atoms with E-state index in [1.807, 2.05) is 42.1 Å². The lowest BCUT2D eigenvalue weighted by Crippen LogP contribution is -2.39. The molecule has 1 N–H and O–H groups in total. The summed E-state index contributed by atoms with van der Waals surface area (Å²) in [5, 5.41) is 3.37. The van der Waals surface area contributed by atoms with Gasteiger partial charge in [0.05, 0.1) is 13.1 Å². The average molecular weight is 341 g/mol. The van der Waals surface area contributed by atoms with Gasteiger partial charge in [0.15, 0.2) is 0 Å². The van der Waals surface area contributed by atoms with Crippen LogP contribution in [0.4, 0.5) is 5.82 Å². The average Bonchev–Trinajstić information content (AvgIpc) is 2.93. The molecule has 0 aromatic carbocycles. The van der Waals surface area contributed by atoms with Gasteiger partial charge in [-0.25, -0.2) is 4.98 Å². The number of hydrogen-bond acceptors (Lipinski definition) is 4. The summed E-state index contributed by atoms with van der Waals surface area (Å²) >= 11 is 0. The lowest BCUT2D eigenvalue weighted by molar-refractivity contribution is -0.133. The minimum atomic E-state index is 0.197. The van der Waals surface area contributed by atoms with E-state index in [1.165, 1.54) is 5.69 Å². The van der Waals surface area contributed by atoms with Gasteiger partial charge >= 0.3 is 0 Å². The number of amides is 1. The second-order valence-electron chi connectivity index (χ2n) is 6.96. The minimum absolute atomic E-state index is 0.197. The van der Waals surface area contributed by atoms with Crippen molar-refractivity contribution < 1.29 is 4.79 Å². The van der Waals surface area contributed by atoms with E-state index in [1.54, 1.807) is 6.20 Å². The summed E-state index contributed by atoms with van der Waals surface area (Å²) in [6, 6.07) is 10.1. The van der Waals surface area contributed by atoms with Crippen molar-refractivity contribution in [3.05, 3.63) is 48.4 Å². The van der Waals surface area contributed by atoms with E-state index in [0.717, 1.165) is 31.9 Å². The third-order valence-electron chi connectivity index (χ3n) is 4.54. The van der Waals surface area contributed by atoms with Crippen LogP contribution in [0.15, 0.2) is 42.7 Å². The quantitative estimate of drug-likeness (QED) is 0.872. The summed E-state index contributed by atoms with van der Waals surface area (Å²) in [6.07, 6.45) is 4.91. The van der Waals surface area contributed by atoms with E-state index in [-0.39, 0.29) is 5.91 Å². The molecule has 0 aliphatic carbocycles. The number of likely N-dealkylation sites (N-methyl/N-ethyl adjacent to an activating group) is 1. The van der Waals surface area contributed by atoms with Crippen LogP contribution in [0.2, 0.25) is 0 Å². The first-order chi connectivity index (χ1) is 12.1. The molecule has 134 valence electrons. The highest BCUT2D eigenvalue weighted by Crippen LogP contribution is 2.20. The van der Waals surface area contributed by atoms with Crippen molar-refractivity contribution in [3.8, 4) is 0 Å². The molecule has 0 fully saturated rings. The molecular formula is C19H27N5O. The largest absolute Gasteiger partial charge is 0.370 e. The fourth-order valence-electron chi connectivity index (χ4n) is 3.29. The number of rotatable bonds is 6. The van der Waals surface area contributed by atoms with E-state index in [9.17, 15) is 4.79 Å². The van der Waals surface area contributed by atoms with Gasteiger partial charge in [-0.05, 0) is 50.7 Å². The highest BCUT2D eigenvalue weighted by atomic mass is 16.2. The van der Waals surface area contributed by atoms with Crippen molar-refractivity contribution in [2.75, 3.05) is 39.0 Å². The molecule has 6 heteroatoms. The Morgan fingerprint density at radius 2 is 2.16 bits per heavy atom. The molecule has 3 heterocycles. The van der Waals surface area contributed by atoms with E-state index in [2.05, 4.69) is 33.2 Å². The zero-order chi connectivity index (χ0) is 17.6. The molecule has 0 saturated heterocycles. The van der Waals surface area contributed by atoms with Crippen molar-refractivity contribution in [2.45, 2.75) is 19.5 Å². The van der Waals surface area contributed by atoms with Gasteiger partial charge in [0.2, 0.25) is 5.91 Å². The number of pyridine rings is 1. The van der Waals surface area contributed by atoms with Gasteiger partial charge in [0.1, 0.15) is 5.82 Å². The fraction of sp³-hybridized carbons (Fsp3) is 0.474. The molecule has 2 aromatic heterocycles. The Balaban J connectivity index is 1.63. The molecule has 0 bridgehead atoms. The number of aromatic nitrogens is 2. The SMILES string of the molecule is CN(C)CC(=O)N1Cc2cccn2C[C@H](CCNc2ccccn2)C1. The summed E-state index contributed by atoms with van der Waals surface area (Å²) in [5.41, 5.74) is 1.22. The lowest BCUT2D eigenvalue weighted by atomic mass is 10.0. The molecule has 0 saturated carbocycles. The Morgan fingerprint density at radius 3 is 2.92 bits per heavy atom. The van der Waals surface area contributed by atoms with Crippen LogP contribution in [0.25, 0.3) is 0 Å². The summed E-state index contributed by atoms with van der Waals surface area (Å²) in [7, 11) is 3.87. The molecule has 2 aromatic rings. The molecule has 3 rings (SSSR count). The topological polar surface area (TPSA) is 53.4 Å². The molecule has 1 amide bonds.